The molecule has 5 heteroatoms. The molecule has 0 heterocycles. The first-order valence-corrected chi connectivity index (χ1v) is 5.56. The standard InChI is InChI=1S/C10H15N3OS/c1-8-3-2-4-9(7-8)14-5-6-15-10(11)13-12/h2-4,7H,5-6,12H2,1H3,(H2,11,13). The molecular formula is C10H15N3OS. The Morgan fingerprint density at radius 3 is 3.00 bits per heavy atom. The van der Waals surface area contributed by atoms with Crippen LogP contribution in [0.1, 0.15) is 5.56 Å². The van der Waals surface area contributed by atoms with Gasteiger partial charge in [-0.3, -0.25) is 0 Å². The molecule has 0 fully saturated rings. The highest BCUT2D eigenvalue weighted by molar-refractivity contribution is 8.13. The highest BCUT2D eigenvalue weighted by Gasteiger charge is 1.96. The van der Waals surface area contributed by atoms with Crippen molar-refractivity contribution in [2.75, 3.05) is 12.4 Å². The van der Waals surface area contributed by atoms with Crippen LogP contribution in [0, 0.1) is 6.92 Å². The van der Waals surface area contributed by atoms with E-state index >= 15 is 0 Å². The third-order valence-electron chi connectivity index (χ3n) is 1.72. The number of benzene rings is 1. The lowest BCUT2D eigenvalue weighted by atomic mass is 10.2. The van der Waals surface area contributed by atoms with Gasteiger partial charge in [-0.15, -0.1) is 0 Å². The molecule has 0 radical (unpaired) electrons. The summed E-state index contributed by atoms with van der Waals surface area (Å²) in [5.41, 5.74) is 6.59. The van der Waals surface area contributed by atoms with Gasteiger partial charge in [-0.05, 0) is 24.6 Å². The molecule has 0 atom stereocenters. The Balaban J connectivity index is 2.26. The molecule has 0 aliphatic carbocycles. The SMILES string of the molecule is Cc1cccc(OCCSC(N)=NN)c1. The molecule has 1 aromatic carbocycles. The van der Waals surface area contributed by atoms with Gasteiger partial charge in [0, 0.05) is 5.75 Å². The lowest BCUT2D eigenvalue weighted by Gasteiger charge is -2.05. The van der Waals surface area contributed by atoms with Crippen LogP contribution in [-0.4, -0.2) is 17.5 Å². The minimum absolute atomic E-state index is 0.378. The zero-order chi connectivity index (χ0) is 11.1. The summed E-state index contributed by atoms with van der Waals surface area (Å²) in [5.74, 6) is 6.60. The first kappa shape index (κ1) is 11.7. The van der Waals surface area contributed by atoms with Crippen LogP contribution >= 0.6 is 11.8 Å². The van der Waals surface area contributed by atoms with Crippen molar-refractivity contribution < 1.29 is 4.74 Å². The van der Waals surface area contributed by atoms with Gasteiger partial charge >= 0.3 is 0 Å². The van der Waals surface area contributed by atoms with E-state index in [0.717, 1.165) is 11.5 Å². The Bertz CT molecular complexity index is 341. The number of amidine groups is 1. The summed E-state index contributed by atoms with van der Waals surface area (Å²) in [7, 11) is 0. The normalized spacial score (nSPS) is 11.4. The number of aryl methyl sites for hydroxylation is 1. The predicted molar refractivity (Wildman–Crippen MR) is 64.9 cm³/mol. The van der Waals surface area contributed by atoms with Gasteiger partial charge in [0.05, 0.1) is 6.61 Å². The van der Waals surface area contributed by atoms with Crippen molar-refractivity contribution in [3.05, 3.63) is 29.8 Å². The largest absolute Gasteiger partial charge is 0.493 e. The molecule has 0 bridgehead atoms. The summed E-state index contributed by atoms with van der Waals surface area (Å²) in [6.07, 6.45) is 0. The van der Waals surface area contributed by atoms with E-state index in [2.05, 4.69) is 5.10 Å². The fourth-order valence-corrected chi connectivity index (χ4v) is 1.50. The molecule has 15 heavy (non-hydrogen) atoms. The molecule has 0 saturated heterocycles. The van der Waals surface area contributed by atoms with Crippen LogP contribution in [0.4, 0.5) is 0 Å². The number of hydrogen-bond donors (Lipinski definition) is 2. The van der Waals surface area contributed by atoms with Crippen LogP contribution in [0.25, 0.3) is 0 Å². The molecule has 0 saturated carbocycles. The number of hydrazone groups is 1. The van der Waals surface area contributed by atoms with Crippen LogP contribution in [0.5, 0.6) is 5.75 Å². The molecule has 0 spiro atoms. The maximum Gasteiger partial charge on any atom is 0.177 e. The van der Waals surface area contributed by atoms with Gasteiger partial charge in [-0.25, -0.2) is 0 Å². The molecule has 1 rings (SSSR count). The highest BCUT2D eigenvalue weighted by Crippen LogP contribution is 2.12. The number of nitrogens with zero attached hydrogens (tertiary/aromatic N) is 1. The van der Waals surface area contributed by atoms with Gasteiger partial charge in [0.15, 0.2) is 5.17 Å². The minimum atomic E-state index is 0.378. The van der Waals surface area contributed by atoms with E-state index in [9.17, 15) is 0 Å². The van der Waals surface area contributed by atoms with E-state index in [1.165, 1.54) is 17.3 Å². The Labute approximate surface area is 93.7 Å². The molecule has 82 valence electrons. The van der Waals surface area contributed by atoms with Crippen LogP contribution in [-0.2, 0) is 0 Å². The van der Waals surface area contributed by atoms with Crippen LogP contribution in [0.3, 0.4) is 0 Å². The van der Waals surface area contributed by atoms with Gasteiger partial charge in [-0.1, -0.05) is 23.9 Å². The molecule has 0 unspecified atom stereocenters. The molecule has 0 aliphatic heterocycles. The van der Waals surface area contributed by atoms with E-state index in [0.29, 0.717) is 11.8 Å². The summed E-state index contributed by atoms with van der Waals surface area (Å²) in [6, 6.07) is 7.91. The Hall–Kier alpha value is -1.36. The van der Waals surface area contributed by atoms with Crippen molar-refractivity contribution >= 4 is 16.9 Å². The lowest BCUT2D eigenvalue weighted by molar-refractivity contribution is 0.344. The van der Waals surface area contributed by atoms with Crippen molar-refractivity contribution in [2.24, 2.45) is 16.7 Å². The van der Waals surface area contributed by atoms with Crippen LogP contribution in [0.15, 0.2) is 29.4 Å². The third kappa shape index (κ3) is 4.60. The molecule has 0 aliphatic rings. The first-order chi connectivity index (χ1) is 7.22. The van der Waals surface area contributed by atoms with Crippen LogP contribution in [0.2, 0.25) is 0 Å². The van der Waals surface area contributed by atoms with Crippen LogP contribution < -0.4 is 16.3 Å². The fourth-order valence-electron chi connectivity index (χ4n) is 1.05. The van der Waals surface area contributed by atoms with Gasteiger partial charge in [-0.2, -0.15) is 5.10 Å². The van der Waals surface area contributed by atoms with Crippen molar-refractivity contribution in [1.29, 1.82) is 0 Å². The topological polar surface area (TPSA) is 73.6 Å². The number of hydrogen-bond acceptors (Lipinski definition) is 4. The molecular weight excluding hydrogens is 210 g/mol. The Morgan fingerprint density at radius 1 is 1.53 bits per heavy atom. The average molecular weight is 225 g/mol. The summed E-state index contributed by atoms with van der Waals surface area (Å²) < 4.78 is 5.51. The van der Waals surface area contributed by atoms with Gasteiger partial charge in [0.1, 0.15) is 5.75 Å². The second kappa shape index (κ2) is 6.19. The summed E-state index contributed by atoms with van der Waals surface area (Å²) in [4.78, 5) is 0. The van der Waals surface area contributed by atoms with Gasteiger partial charge in [0.25, 0.3) is 0 Å². The van der Waals surface area contributed by atoms with E-state index < -0.39 is 0 Å². The number of thioether (sulfide) groups is 1. The monoisotopic (exact) mass is 225 g/mol. The number of nitrogens with two attached hydrogens (primary N) is 2. The van der Waals surface area contributed by atoms with Gasteiger partial charge < -0.3 is 16.3 Å². The van der Waals surface area contributed by atoms with Crippen molar-refractivity contribution in [3.8, 4) is 5.75 Å². The highest BCUT2D eigenvalue weighted by atomic mass is 32.2. The zero-order valence-corrected chi connectivity index (χ0v) is 9.46. The average Bonchev–Trinajstić information content (AvgIpc) is 2.24. The third-order valence-corrected chi connectivity index (χ3v) is 2.49. The van der Waals surface area contributed by atoms with E-state index in [4.69, 9.17) is 16.3 Å². The second-order valence-electron chi connectivity index (χ2n) is 2.98. The first-order valence-electron chi connectivity index (χ1n) is 4.58. The Kier molecular flexibility index (Phi) is 4.83. The molecule has 0 aromatic heterocycles. The lowest BCUT2D eigenvalue weighted by Crippen LogP contribution is -2.12. The number of ether oxygens (including phenoxy) is 1. The smallest absolute Gasteiger partial charge is 0.177 e. The van der Waals surface area contributed by atoms with E-state index in [-0.39, 0.29) is 0 Å². The zero-order valence-electron chi connectivity index (χ0n) is 8.64. The minimum Gasteiger partial charge on any atom is -0.493 e. The van der Waals surface area contributed by atoms with Crippen molar-refractivity contribution in [2.45, 2.75) is 6.92 Å². The number of rotatable bonds is 4. The Morgan fingerprint density at radius 2 is 2.33 bits per heavy atom. The van der Waals surface area contributed by atoms with E-state index in [1.807, 2.05) is 31.2 Å². The summed E-state index contributed by atoms with van der Waals surface area (Å²) in [6.45, 7) is 2.62. The maximum absolute atomic E-state index is 5.51. The van der Waals surface area contributed by atoms with E-state index in [1.54, 1.807) is 0 Å². The molecule has 4 N–H and O–H groups in total. The van der Waals surface area contributed by atoms with Gasteiger partial charge in [0.2, 0.25) is 0 Å². The fraction of sp³-hybridized carbons (Fsp3) is 0.300. The second-order valence-corrected chi connectivity index (χ2v) is 4.10. The molecule has 0 amide bonds. The molecule has 1 aromatic rings. The summed E-state index contributed by atoms with van der Waals surface area (Å²) >= 11 is 1.38. The van der Waals surface area contributed by atoms with Crippen molar-refractivity contribution in [1.82, 2.24) is 0 Å². The summed E-state index contributed by atoms with van der Waals surface area (Å²) in [5, 5.41) is 3.73. The van der Waals surface area contributed by atoms with Crippen molar-refractivity contribution in [3.63, 3.8) is 0 Å². The maximum atomic E-state index is 5.51. The quantitative estimate of drug-likeness (QED) is 0.266. The predicted octanol–water partition coefficient (Wildman–Crippen LogP) is 1.30. The molecule has 4 nitrogen and oxygen atoms in total.